The van der Waals surface area contributed by atoms with Crippen LogP contribution in [0.5, 0.6) is 0 Å². The fourth-order valence-corrected chi connectivity index (χ4v) is 5.31. The Labute approximate surface area is 184 Å². The van der Waals surface area contributed by atoms with Gasteiger partial charge in [0.2, 0.25) is 0 Å². The Balaban J connectivity index is 1.68. The Morgan fingerprint density at radius 2 is 1.31 bits per heavy atom. The number of nitrogens with one attached hydrogen (secondary N) is 1. The molecule has 3 nitrogen and oxygen atoms in total. The highest BCUT2D eigenvalue weighted by molar-refractivity contribution is 6.37. The molecule has 1 aromatic heterocycles. The van der Waals surface area contributed by atoms with Crippen molar-refractivity contribution in [1.82, 2.24) is 4.98 Å². The third-order valence-corrected chi connectivity index (χ3v) is 6.66. The van der Waals surface area contributed by atoms with E-state index in [1.165, 1.54) is 32.7 Å². The van der Waals surface area contributed by atoms with E-state index in [4.69, 9.17) is 0 Å². The molecular formula is C29H18N2O. The first-order valence-electron chi connectivity index (χ1n) is 10.7. The van der Waals surface area contributed by atoms with Crippen molar-refractivity contribution in [3.63, 3.8) is 0 Å². The first kappa shape index (κ1) is 17.3. The maximum absolute atomic E-state index is 10.0. The van der Waals surface area contributed by atoms with Crippen molar-refractivity contribution in [3.8, 4) is 22.3 Å². The number of hydrogen-bond acceptors (Lipinski definition) is 2. The Kier molecular flexibility index (Phi) is 3.42. The molecule has 7 rings (SSSR count). The Bertz CT molecular complexity index is 1730. The van der Waals surface area contributed by atoms with Crippen LogP contribution in [0.15, 0.2) is 102 Å². The fourth-order valence-electron chi connectivity index (χ4n) is 5.31. The number of benzene rings is 5. The number of H-pyrrole nitrogens is 1. The largest absolute Gasteiger partial charge is 0.410 e. The van der Waals surface area contributed by atoms with Crippen LogP contribution in [0.4, 0.5) is 0 Å². The van der Waals surface area contributed by atoms with Gasteiger partial charge in [0.05, 0.1) is 5.52 Å². The van der Waals surface area contributed by atoms with Gasteiger partial charge >= 0.3 is 0 Å². The van der Waals surface area contributed by atoms with Crippen LogP contribution >= 0.6 is 0 Å². The van der Waals surface area contributed by atoms with Gasteiger partial charge in [-0.1, -0.05) is 90.1 Å². The third-order valence-electron chi connectivity index (χ3n) is 6.66. The predicted octanol–water partition coefficient (Wildman–Crippen LogP) is 7.35. The summed E-state index contributed by atoms with van der Waals surface area (Å²) in [4.78, 5) is 3.66. The van der Waals surface area contributed by atoms with Crippen molar-refractivity contribution in [2.24, 2.45) is 5.16 Å². The van der Waals surface area contributed by atoms with E-state index in [0.29, 0.717) is 5.71 Å². The van der Waals surface area contributed by atoms with E-state index in [0.717, 1.165) is 33.3 Å². The number of nitrogens with zero attached hydrogens (tertiary/aromatic N) is 1. The van der Waals surface area contributed by atoms with E-state index in [2.05, 4.69) is 82.9 Å². The zero-order valence-corrected chi connectivity index (χ0v) is 17.1. The molecule has 0 amide bonds. The molecule has 0 saturated carbocycles. The molecule has 0 bridgehead atoms. The van der Waals surface area contributed by atoms with E-state index in [1.54, 1.807) is 0 Å². The second-order valence-electron chi connectivity index (χ2n) is 8.29. The van der Waals surface area contributed by atoms with Crippen LogP contribution in [0.2, 0.25) is 0 Å². The molecule has 1 aliphatic rings. The molecule has 6 aromatic rings. The van der Waals surface area contributed by atoms with E-state index >= 15 is 0 Å². The van der Waals surface area contributed by atoms with Crippen molar-refractivity contribution < 1.29 is 5.21 Å². The summed E-state index contributed by atoms with van der Waals surface area (Å²) in [6.07, 6.45) is 0. The monoisotopic (exact) mass is 410 g/mol. The number of aromatic amines is 1. The van der Waals surface area contributed by atoms with Crippen molar-refractivity contribution in [1.29, 1.82) is 0 Å². The quantitative estimate of drug-likeness (QED) is 0.216. The van der Waals surface area contributed by atoms with Gasteiger partial charge in [-0.2, -0.15) is 0 Å². The fraction of sp³-hybridized carbons (Fsp3) is 0. The molecule has 0 unspecified atom stereocenters. The van der Waals surface area contributed by atoms with E-state index in [9.17, 15) is 5.21 Å². The van der Waals surface area contributed by atoms with Crippen LogP contribution < -0.4 is 0 Å². The van der Waals surface area contributed by atoms with Crippen LogP contribution in [0.3, 0.4) is 0 Å². The molecule has 32 heavy (non-hydrogen) atoms. The zero-order valence-electron chi connectivity index (χ0n) is 17.1. The molecule has 0 radical (unpaired) electrons. The minimum Gasteiger partial charge on any atom is -0.410 e. The van der Waals surface area contributed by atoms with Crippen LogP contribution in [-0.4, -0.2) is 15.9 Å². The van der Waals surface area contributed by atoms with E-state index in [-0.39, 0.29) is 0 Å². The molecule has 0 saturated heterocycles. The topological polar surface area (TPSA) is 48.4 Å². The number of oxime groups is 1. The minimum atomic E-state index is 0.626. The zero-order chi connectivity index (χ0) is 21.2. The van der Waals surface area contributed by atoms with Crippen molar-refractivity contribution in [2.75, 3.05) is 0 Å². The summed E-state index contributed by atoms with van der Waals surface area (Å²) in [7, 11) is 0. The summed E-state index contributed by atoms with van der Waals surface area (Å²) in [5.41, 5.74) is 9.27. The smallest absolute Gasteiger partial charge is 0.120 e. The molecule has 150 valence electrons. The van der Waals surface area contributed by atoms with Gasteiger partial charge in [0, 0.05) is 33.0 Å². The highest BCUT2D eigenvalue weighted by atomic mass is 16.4. The molecule has 2 N–H and O–H groups in total. The highest BCUT2D eigenvalue weighted by Gasteiger charge is 2.31. The lowest BCUT2D eigenvalue weighted by Crippen LogP contribution is -1.99. The Morgan fingerprint density at radius 3 is 2.12 bits per heavy atom. The average molecular weight is 410 g/mol. The lowest BCUT2D eigenvalue weighted by atomic mass is 9.93. The van der Waals surface area contributed by atoms with Crippen LogP contribution in [0, 0.1) is 0 Å². The SMILES string of the molecule is O/N=C1\c2ccccc2-c2c1c1[nH]c3ccc(-c4ccccc4)cc3c1c1ccccc21. The molecule has 0 spiro atoms. The maximum Gasteiger partial charge on any atom is 0.120 e. The molecule has 1 heterocycles. The van der Waals surface area contributed by atoms with Crippen LogP contribution in [-0.2, 0) is 0 Å². The first-order valence-corrected chi connectivity index (χ1v) is 10.7. The van der Waals surface area contributed by atoms with E-state index in [1.807, 2.05) is 24.3 Å². The third kappa shape index (κ3) is 2.17. The second kappa shape index (κ2) is 6.32. The normalized spacial score (nSPS) is 13.8. The van der Waals surface area contributed by atoms with E-state index < -0.39 is 0 Å². The second-order valence-corrected chi connectivity index (χ2v) is 8.29. The Morgan fingerprint density at radius 1 is 0.594 bits per heavy atom. The average Bonchev–Trinajstić information content (AvgIpc) is 3.40. The minimum absolute atomic E-state index is 0.626. The van der Waals surface area contributed by atoms with Crippen LogP contribution in [0.25, 0.3) is 54.8 Å². The summed E-state index contributed by atoms with van der Waals surface area (Å²) < 4.78 is 0. The van der Waals surface area contributed by atoms with Gasteiger partial charge in [-0.15, -0.1) is 0 Å². The van der Waals surface area contributed by atoms with Crippen molar-refractivity contribution in [3.05, 3.63) is 108 Å². The summed E-state index contributed by atoms with van der Waals surface area (Å²) in [5.74, 6) is 0. The summed E-state index contributed by atoms with van der Waals surface area (Å²) in [6, 6.07) is 33.7. The summed E-state index contributed by atoms with van der Waals surface area (Å²) >= 11 is 0. The molecule has 1 aliphatic carbocycles. The molecule has 0 atom stereocenters. The van der Waals surface area contributed by atoms with Gasteiger partial charge in [-0.3, -0.25) is 0 Å². The summed E-state index contributed by atoms with van der Waals surface area (Å²) in [5, 5.41) is 18.5. The van der Waals surface area contributed by atoms with Crippen LogP contribution in [0.1, 0.15) is 11.1 Å². The van der Waals surface area contributed by atoms with Crippen molar-refractivity contribution >= 4 is 38.3 Å². The predicted molar refractivity (Wildman–Crippen MR) is 132 cm³/mol. The molecule has 0 aliphatic heterocycles. The van der Waals surface area contributed by atoms with Gasteiger partial charge in [0.15, 0.2) is 0 Å². The maximum atomic E-state index is 10.0. The molecule has 3 heteroatoms. The van der Waals surface area contributed by atoms with Gasteiger partial charge < -0.3 is 10.2 Å². The lowest BCUT2D eigenvalue weighted by molar-refractivity contribution is 0.320. The highest BCUT2D eigenvalue weighted by Crippen LogP contribution is 2.47. The molecule has 5 aromatic carbocycles. The number of rotatable bonds is 1. The van der Waals surface area contributed by atoms with Gasteiger partial charge in [-0.25, -0.2) is 0 Å². The summed E-state index contributed by atoms with van der Waals surface area (Å²) in [6.45, 7) is 0. The van der Waals surface area contributed by atoms with Gasteiger partial charge in [0.1, 0.15) is 5.71 Å². The molecule has 0 fully saturated rings. The standard InChI is InChI=1S/C29H18N2O/c32-31-28-22-13-7-6-12-21(22)25-19-10-4-5-11-20(19)26-23-16-18(17-8-2-1-3-9-17)14-15-24(23)30-29(26)27(25)28/h1-16,30,32H/b31-28+. The Hall–Kier alpha value is -4.37. The van der Waals surface area contributed by atoms with Crippen molar-refractivity contribution in [2.45, 2.75) is 0 Å². The number of aromatic nitrogens is 1. The van der Waals surface area contributed by atoms with Gasteiger partial charge in [-0.05, 0) is 39.6 Å². The number of hydrogen-bond donors (Lipinski definition) is 2. The molecular weight excluding hydrogens is 392 g/mol. The number of fused-ring (bicyclic) bond motifs is 10. The van der Waals surface area contributed by atoms with Gasteiger partial charge in [0.25, 0.3) is 0 Å². The lowest BCUT2D eigenvalue weighted by Gasteiger charge is -2.09. The first-order chi connectivity index (χ1) is 15.8.